The second-order valence-electron chi connectivity index (χ2n) is 8.19. The number of Topliss-reactive ketones (excluding diaryl/α,β-unsaturated/α-hetero) is 1. The smallest absolute Gasteiger partial charge is 0.295 e. The maximum Gasteiger partial charge on any atom is 0.295 e. The van der Waals surface area contributed by atoms with E-state index in [1.807, 2.05) is 25.9 Å². The molecule has 0 aliphatic carbocycles. The van der Waals surface area contributed by atoms with Crippen LogP contribution in [0.3, 0.4) is 0 Å². The molecule has 0 spiro atoms. The Morgan fingerprint density at radius 1 is 1.09 bits per heavy atom. The largest absolute Gasteiger partial charge is 0.507 e. The number of aliphatic hydroxyl groups is 1. The standard InChI is InChI=1S/C26H31FN2O5/c1-5-33-17-12-13-19(21(16-17)34-6-2)24(30)22-23(18-10-7-8-11-20(18)27)29(26(32)25(22)31)15-9-14-28(3)4/h7-8,10-13,16,23,30H,5-6,9,14-15H2,1-4H3/b24-22+. The van der Waals surface area contributed by atoms with Gasteiger partial charge in [0.05, 0.1) is 30.4 Å². The highest BCUT2D eigenvalue weighted by Gasteiger charge is 2.47. The minimum atomic E-state index is -1.05. The van der Waals surface area contributed by atoms with E-state index in [1.54, 1.807) is 31.2 Å². The number of amides is 1. The number of rotatable bonds is 10. The van der Waals surface area contributed by atoms with Gasteiger partial charge in [-0.15, -0.1) is 0 Å². The zero-order valence-corrected chi connectivity index (χ0v) is 20.0. The van der Waals surface area contributed by atoms with Crippen LogP contribution in [0.15, 0.2) is 48.0 Å². The first-order valence-corrected chi connectivity index (χ1v) is 11.4. The lowest BCUT2D eigenvalue weighted by Gasteiger charge is -2.26. The lowest BCUT2D eigenvalue weighted by Crippen LogP contribution is -2.32. The van der Waals surface area contributed by atoms with Crippen LogP contribution in [0.1, 0.15) is 37.4 Å². The number of aliphatic hydroxyl groups excluding tert-OH is 1. The topological polar surface area (TPSA) is 79.3 Å². The van der Waals surface area contributed by atoms with E-state index in [-0.39, 0.29) is 23.2 Å². The van der Waals surface area contributed by atoms with E-state index in [4.69, 9.17) is 9.47 Å². The van der Waals surface area contributed by atoms with E-state index in [9.17, 15) is 19.1 Å². The molecule has 182 valence electrons. The second-order valence-corrected chi connectivity index (χ2v) is 8.19. The van der Waals surface area contributed by atoms with Gasteiger partial charge in [0.25, 0.3) is 11.7 Å². The van der Waals surface area contributed by atoms with Gasteiger partial charge in [0.15, 0.2) is 0 Å². The van der Waals surface area contributed by atoms with E-state index in [0.717, 1.165) is 0 Å². The lowest BCUT2D eigenvalue weighted by atomic mass is 9.94. The van der Waals surface area contributed by atoms with E-state index in [2.05, 4.69) is 0 Å². The van der Waals surface area contributed by atoms with Gasteiger partial charge in [-0.05, 0) is 59.1 Å². The number of benzene rings is 2. The van der Waals surface area contributed by atoms with Crippen molar-refractivity contribution in [3.05, 3.63) is 65.0 Å². The van der Waals surface area contributed by atoms with Crippen LogP contribution < -0.4 is 9.47 Å². The molecule has 7 nitrogen and oxygen atoms in total. The molecule has 1 atom stereocenters. The van der Waals surface area contributed by atoms with Crippen LogP contribution in [-0.4, -0.2) is 67.0 Å². The fourth-order valence-electron chi connectivity index (χ4n) is 4.06. The van der Waals surface area contributed by atoms with Crippen LogP contribution in [0, 0.1) is 5.82 Å². The number of halogens is 1. The number of hydrogen-bond acceptors (Lipinski definition) is 6. The van der Waals surface area contributed by atoms with Crippen molar-refractivity contribution in [2.45, 2.75) is 26.3 Å². The van der Waals surface area contributed by atoms with Gasteiger partial charge in [-0.3, -0.25) is 9.59 Å². The normalized spacial score (nSPS) is 17.5. The number of carbonyl (C=O) groups is 2. The number of ketones is 1. The summed E-state index contributed by atoms with van der Waals surface area (Å²) >= 11 is 0. The van der Waals surface area contributed by atoms with Crippen molar-refractivity contribution in [1.29, 1.82) is 0 Å². The quantitative estimate of drug-likeness (QED) is 0.321. The van der Waals surface area contributed by atoms with Crippen molar-refractivity contribution in [3.8, 4) is 11.5 Å². The van der Waals surface area contributed by atoms with Crippen LogP contribution in [0.2, 0.25) is 0 Å². The zero-order chi connectivity index (χ0) is 24.8. The van der Waals surface area contributed by atoms with Gasteiger partial charge < -0.3 is 24.4 Å². The van der Waals surface area contributed by atoms with E-state index >= 15 is 0 Å². The Morgan fingerprint density at radius 3 is 2.44 bits per heavy atom. The van der Waals surface area contributed by atoms with Crippen LogP contribution in [0.4, 0.5) is 4.39 Å². The molecule has 1 aliphatic heterocycles. The predicted octanol–water partition coefficient (Wildman–Crippen LogP) is 4.00. The third-order valence-electron chi connectivity index (χ3n) is 5.56. The number of ether oxygens (including phenoxy) is 2. The van der Waals surface area contributed by atoms with Gasteiger partial charge in [0, 0.05) is 18.2 Å². The summed E-state index contributed by atoms with van der Waals surface area (Å²) in [7, 11) is 3.81. The molecule has 1 aliphatic rings. The number of likely N-dealkylation sites (tertiary alicyclic amines) is 1. The molecule has 8 heteroatoms. The summed E-state index contributed by atoms with van der Waals surface area (Å²) in [6.45, 7) is 5.31. The maximum atomic E-state index is 14.9. The Bertz CT molecular complexity index is 1080. The predicted molar refractivity (Wildman–Crippen MR) is 127 cm³/mol. The van der Waals surface area contributed by atoms with Crippen LogP contribution >= 0.6 is 0 Å². The van der Waals surface area contributed by atoms with Crippen LogP contribution in [0.5, 0.6) is 11.5 Å². The molecule has 1 amide bonds. The van der Waals surface area contributed by atoms with E-state index in [1.165, 1.54) is 23.1 Å². The van der Waals surface area contributed by atoms with Gasteiger partial charge in [0.2, 0.25) is 0 Å². The number of nitrogens with zero attached hydrogens (tertiary/aromatic N) is 2. The molecule has 1 saturated heterocycles. The Balaban J connectivity index is 2.16. The first kappa shape index (κ1) is 25.2. The summed E-state index contributed by atoms with van der Waals surface area (Å²) in [5.74, 6) is -1.75. The monoisotopic (exact) mass is 470 g/mol. The SMILES string of the molecule is CCOc1ccc(/C(O)=C2\C(=O)C(=O)N(CCCN(C)C)C2c2ccccc2F)c(OCC)c1. The van der Waals surface area contributed by atoms with Crippen LogP contribution in [0.25, 0.3) is 5.76 Å². The van der Waals surface area contributed by atoms with Gasteiger partial charge in [-0.25, -0.2) is 4.39 Å². The molecular weight excluding hydrogens is 439 g/mol. The van der Waals surface area contributed by atoms with Crippen LogP contribution in [-0.2, 0) is 9.59 Å². The molecule has 1 fully saturated rings. The fraction of sp³-hybridized carbons (Fsp3) is 0.385. The summed E-state index contributed by atoms with van der Waals surface area (Å²) in [6.07, 6.45) is 0.582. The molecule has 1 heterocycles. The number of hydrogen-bond donors (Lipinski definition) is 1. The van der Waals surface area contributed by atoms with Gasteiger partial charge in [-0.1, -0.05) is 18.2 Å². The fourth-order valence-corrected chi connectivity index (χ4v) is 4.06. The Kier molecular flexibility index (Phi) is 8.28. The van der Waals surface area contributed by atoms with Crippen molar-refractivity contribution >= 4 is 17.4 Å². The summed E-state index contributed by atoms with van der Waals surface area (Å²) < 4.78 is 26.1. The molecule has 0 bridgehead atoms. The van der Waals surface area contributed by atoms with E-state index in [0.29, 0.717) is 37.7 Å². The molecule has 1 unspecified atom stereocenters. The molecule has 3 rings (SSSR count). The molecule has 0 saturated carbocycles. The average Bonchev–Trinajstić information content (AvgIpc) is 3.04. The summed E-state index contributed by atoms with van der Waals surface area (Å²) in [5.41, 5.74) is 0.222. The van der Waals surface area contributed by atoms with Gasteiger partial charge in [-0.2, -0.15) is 0 Å². The average molecular weight is 471 g/mol. The second kappa shape index (κ2) is 11.2. The third kappa shape index (κ3) is 5.22. The molecule has 0 radical (unpaired) electrons. The molecular formula is C26H31FN2O5. The van der Waals surface area contributed by atoms with Crippen molar-refractivity contribution < 1.29 is 28.6 Å². The summed E-state index contributed by atoms with van der Waals surface area (Å²) in [4.78, 5) is 29.5. The van der Waals surface area contributed by atoms with Crippen molar-refractivity contribution in [1.82, 2.24) is 9.80 Å². The zero-order valence-electron chi connectivity index (χ0n) is 20.0. The minimum absolute atomic E-state index is 0.150. The van der Waals surface area contributed by atoms with Crippen molar-refractivity contribution in [2.75, 3.05) is 40.4 Å². The van der Waals surface area contributed by atoms with Gasteiger partial charge in [0.1, 0.15) is 23.1 Å². The van der Waals surface area contributed by atoms with Crippen molar-refractivity contribution in [2.24, 2.45) is 0 Å². The molecule has 2 aromatic carbocycles. The first-order valence-electron chi connectivity index (χ1n) is 11.4. The lowest BCUT2D eigenvalue weighted by molar-refractivity contribution is -0.140. The van der Waals surface area contributed by atoms with E-state index < -0.39 is 29.3 Å². The minimum Gasteiger partial charge on any atom is -0.507 e. The van der Waals surface area contributed by atoms with Crippen molar-refractivity contribution in [3.63, 3.8) is 0 Å². The Labute approximate surface area is 199 Å². The molecule has 2 aromatic rings. The highest BCUT2D eigenvalue weighted by atomic mass is 19.1. The highest BCUT2D eigenvalue weighted by Crippen LogP contribution is 2.42. The molecule has 1 N–H and O–H groups in total. The highest BCUT2D eigenvalue weighted by molar-refractivity contribution is 6.46. The first-order chi connectivity index (χ1) is 16.3. The number of carbonyl (C=O) groups excluding carboxylic acids is 2. The Hall–Kier alpha value is -3.39. The van der Waals surface area contributed by atoms with Gasteiger partial charge >= 0.3 is 0 Å². The molecule has 0 aromatic heterocycles. The third-order valence-corrected chi connectivity index (χ3v) is 5.56. The summed E-state index contributed by atoms with van der Waals surface area (Å²) in [6, 6.07) is 9.77. The summed E-state index contributed by atoms with van der Waals surface area (Å²) in [5, 5.41) is 11.3. The Morgan fingerprint density at radius 2 is 1.79 bits per heavy atom. The molecule has 34 heavy (non-hydrogen) atoms. The maximum absolute atomic E-state index is 14.9.